The Balaban J connectivity index is 2.43. The molecule has 0 aliphatic rings. The van der Waals surface area contributed by atoms with Gasteiger partial charge in [0, 0.05) is 9.75 Å². The molecule has 0 saturated carbocycles. The van der Waals surface area contributed by atoms with Gasteiger partial charge in [0.1, 0.15) is 0 Å². The maximum Gasteiger partial charge on any atom is 0.0655 e. The van der Waals surface area contributed by atoms with Crippen molar-refractivity contribution in [2.45, 2.75) is 32.5 Å². The van der Waals surface area contributed by atoms with Crippen LogP contribution in [0.4, 0.5) is 0 Å². The Morgan fingerprint density at radius 3 is 2.00 bits per heavy atom. The Morgan fingerprint density at radius 2 is 1.53 bits per heavy atom. The third kappa shape index (κ3) is 2.80. The van der Waals surface area contributed by atoms with E-state index < -0.39 is 0 Å². The molecule has 17 heavy (non-hydrogen) atoms. The molecule has 0 spiro atoms. The maximum atomic E-state index is 3.83. The molecule has 0 amide bonds. The lowest BCUT2D eigenvalue weighted by atomic mass is 10.0. The van der Waals surface area contributed by atoms with Crippen LogP contribution in [0.25, 0.3) is 0 Å². The molecule has 0 bridgehead atoms. The van der Waals surface area contributed by atoms with E-state index in [-0.39, 0.29) is 0 Å². The number of halogens is 1. The molecular weight excluding hydrogens is 292 g/mol. The Labute approximate surface area is 116 Å². The van der Waals surface area contributed by atoms with E-state index in [9.17, 15) is 0 Å². The van der Waals surface area contributed by atoms with Gasteiger partial charge >= 0.3 is 0 Å². The largest absolute Gasteiger partial charge is 0.146 e. The number of hydrogen-bond donors (Lipinski definition) is 0. The highest BCUT2D eigenvalue weighted by atomic mass is 79.9. The van der Waals surface area contributed by atoms with Crippen LogP contribution in [0.3, 0.4) is 0 Å². The average molecular weight is 309 g/mol. The second-order valence-corrected chi connectivity index (χ2v) is 7.03. The topological polar surface area (TPSA) is 0 Å². The Hall–Kier alpha value is -0.600. The van der Waals surface area contributed by atoms with E-state index in [1.54, 1.807) is 0 Å². The standard InChI is InChI=1S/C15H17BrS/c1-9-5-10(2)7-13(6-9)15(16)14-8-11(3)17-12(14)4/h5-8,15H,1-4H3. The summed E-state index contributed by atoms with van der Waals surface area (Å²) < 4.78 is 0. The molecule has 2 heteroatoms. The third-order valence-electron chi connectivity index (χ3n) is 2.89. The molecule has 0 nitrogen and oxygen atoms in total. The van der Waals surface area contributed by atoms with Gasteiger partial charge in [0.05, 0.1) is 4.83 Å². The summed E-state index contributed by atoms with van der Waals surface area (Å²) in [7, 11) is 0. The van der Waals surface area contributed by atoms with E-state index in [0.29, 0.717) is 4.83 Å². The Morgan fingerprint density at radius 1 is 0.941 bits per heavy atom. The molecule has 0 aliphatic carbocycles. The van der Waals surface area contributed by atoms with Crippen LogP contribution in [0, 0.1) is 27.7 Å². The first-order chi connectivity index (χ1) is 7.97. The summed E-state index contributed by atoms with van der Waals surface area (Å²) in [5.41, 5.74) is 5.41. The first kappa shape index (κ1) is 12.8. The second-order valence-electron chi connectivity index (χ2n) is 4.65. The van der Waals surface area contributed by atoms with Gasteiger partial charge < -0.3 is 0 Å². The molecule has 1 aromatic heterocycles. The van der Waals surface area contributed by atoms with Crippen molar-refractivity contribution in [1.29, 1.82) is 0 Å². The summed E-state index contributed by atoms with van der Waals surface area (Å²) in [6.07, 6.45) is 0. The number of rotatable bonds is 2. The van der Waals surface area contributed by atoms with Crippen LogP contribution in [0.15, 0.2) is 24.3 Å². The molecule has 2 aromatic rings. The highest BCUT2D eigenvalue weighted by molar-refractivity contribution is 9.09. The summed E-state index contributed by atoms with van der Waals surface area (Å²) >= 11 is 5.70. The van der Waals surface area contributed by atoms with Gasteiger partial charge in [-0.05, 0) is 44.9 Å². The lowest BCUT2D eigenvalue weighted by Gasteiger charge is -2.12. The lowest BCUT2D eigenvalue weighted by Crippen LogP contribution is -1.94. The van der Waals surface area contributed by atoms with Crippen molar-refractivity contribution < 1.29 is 0 Å². The van der Waals surface area contributed by atoms with E-state index >= 15 is 0 Å². The maximum absolute atomic E-state index is 3.83. The highest BCUT2D eigenvalue weighted by Crippen LogP contribution is 2.37. The van der Waals surface area contributed by atoms with Crippen molar-refractivity contribution in [2.75, 3.05) is 0 Å². The molecule has 0 saturated heterocycles. The fourth-order valence-corrected chi connectivity index (χ4v) is 4.09. The van der Waals surface area contributed by atoms with Gasteiger partial charge in [0.2, 0.25) is 0 Å². The summed E-state index contributed by atoms with van der Waals surface area (Å²) in [4.78, 5) is 3.10. The van der Waals surface area contributed by atoms with Crippen LogP contribution in [0.5, 0.6) is 0 Å². The minimum absolute atomic E-state index is 0.311. The van der Waals surface area contributed by atoms with Gasteiger partial charge in [-0.1, -0.05) is 45.3 Å². The zero-order valence-corrected chi connectivity index (χ0v) is 13.1. The minimum Gasteiger partial charge on any atom is -0.146 e. The van der Waals surface area contributed by atoms with Gasteiger partial charge in [-0.2, -0.15) is 0 Å². The van der Waals surface area contributed by atoms with Crippen molar-refractivity contribution in [2.24, 2.45) is 0 Å². The Kier molecular flexibility index (Phi) is 3.74. The van der Waals surface area contributed by atoms with Crippen molar-refractivity contribution in [3.05, 3.63) is 56.3 Å². The van der Waals surface area contributed by atoms with Gasteiger partial charge in [0.15, 0.2) is 0 Å². The molecule has 1 atom stereocenters. The van der Waals surface area contributed by atoms with E-state index in [1.807, 2.05) is 11.3 Å². The summed E-state index contributed by atoms with van der Waals surface area (Å²) in [6, 6.07) is 9.03. The Bertz CT molecular complexity index is 520. The van der Waals surface area contributed by atoms with Gasteiger partial charge in [-0.15, -0.1) is 11.3 Å². The van der Waals surface area contributed by atoms with Crippen LogP contribution >= 0.6 is 27.3 Å². The summed E-state index contributed by atoms with van der Waals surface area (Å²) in [5, 5.41) is 0. The zero-order valence-electron chi connectivity index (χ0n) is 10.7. The molecule has 90 valence electrons. The van der Waals surface area contributed by atoms with Crippen LogP contribution < -0.4 is 0 Å². The SMILES string of the molecule is Cc1cc(C)cc(C(Br)c2cc(C)sc2C)c1. The minimum atomic E-state index is 0.311. The number of alkyl halides is 1. The second kappa shape index (κ2) is 4.95. The van der Waals surface area contributed by atoms with Crippen LogP contribution in [-0.4, -0.2) is 0 Å². The summed E-state index contributed by atoms with van der Waals surface area (Å²) in [6.45, 7) is 8.68. The van der Waals surface area contributed by atoms with Gasteiger partial charge in [-0.3, -0.25) is 0 Å². The van der Waals surface area contributed by atoms with E-state index in [2.05, 4.69) is 67.9 Å². The molecule has 0 N–H and O–H groups in total. The predicted octanol–water partition coefficient (Wildman–Crippen LogP) is 5.47. The monoisotopic (exact) mass is 308 g/mol. The molecular formula is C15H17BrS. The van der Waals surface area contributed by atoms with Crippen molar-refractivity contribution in [1.82, 2.24) is 0 Å². The van der Waals surface area contributed by atoms with E-state index in [1.165, 1.54) is 32.0 Å². The van der Waals surface area contributed by atoms with Gasteiger partial charge in [-0.25, -0.2) is 0 Å². The summed E-state index contributed by atoms with van der Waals surface area (Å²) in [5.74, 6) is 0. The zero-order chi connectivity index (χ0) is 12.6. The fraction of sp³-hybridized carbons (Fsp3) is 0.333. The van der Waals surface area contributed by atoms with Crippen molar-refractivity contribution >= 4 is 27.3 Å². The average Bonchev–Trinajstić information content (AvgIpc) is 2.55. The smallest absolute Gasteiger partial charge is 0.0655 e. The van der Waals surface area contributed by atoms with Crippen molar-refractivity contribution in [3.63, 3.8) is 0 Å². The van der Waals surface area contributed by atoms with Gasteiger partial charge in [0.25, 0.3) is 0 Å². The van der Waals surface area contributed by atoms with Crippen LogP contribution in [0.2, 0.25) is 0 Å². The third-order valence-corrected chi connectivity index (χ3v) is 4.89. The molecule has 0 fully saturated rings. The normalized spacial score (nSPS) is 12.8. The predicted molar refractivity (Wildman–Crippen MR) is 80.5 cm³/mol. The van der Waals surface area contributed by atoms with E-state index in [4.69, 9.17) is 0 Å². The molecule has 0 radical (unpaired) electrons. The molecule has 1 heterocycles. The number of benzene rings is 1. The molecule has 0 aliphatic heterocycles. The first-order valence-corrected chi connectivity index (χ1v) is 7.50. The first-order valence-electron chi connectivity index (χ1n) is 5.76. The fourth-order valence-electron chi connectivity index (χ4n) is 2.24. The lowest BCUT2D eigenvalue weighted by molar-refractivity contribution is 1.15. The number of hydrogen-bond acceptors (Lipinski definition) is 1. The number of aryl methyl sites for hydroxylation is 4. The van der Waals surface area contributed by atoms with Crippen LogP contribution in [0.1, 0.15) is 36.8 Å². The van der Waals surface area contributed by atoms with Crippen LogP contribution in [-0.2, 0) is 0 Å². The highest BCUT2D eigenvalue weighted by Gasteiger charge is 2.15. The van der Waals surface area contributed by atoms with Crippen molar-refractivity contribution in [3.8, 4) is 0 Å². The number of thiophene rings is 1. The van der Waals surface area contributed by atoms with E-state index in [0.717, 1.165) is 0 Å². The molecule has 1 aromatic carbocycles. The quantitative estimate of drug-likeness (QED) is 0.646. The molecule has 2 rings (SSSR count). The molecule has 1 unspecified atom stereocenters.